The molecule has 2 saturated carbocycles. The first-order chi connectivity index (χ1) is 6.29. The van der Waals surface area contributed by atoms with E-state index in [0.717, 1.165) is 25.7 Å². The average Bonchev–Trinajstić information content (AvgIpc) is 2.72. The lowest BCUT2D eigenvalue weighted by Crippen LogP contribution is -2.30. The van der Waals surface area contributed by atoms with Crippen molar-refractivity contribution < 1.29 is 9.90 Å². The van der Waals surface area contributed by atoms with Gasteiger partial charge in [-0.1, -0.05) is 12.8 Å². The Labute approximate surface area is 79.3 Å². The molecule has 2 heteroatoms. The van der Waals surface area contributed by atoms with Crippen LogP contribution in [-0.4, -0.2) is 17.0 Å². The number of hydrogen-bond donors (Lipinski definition) is 1. The third-order valence-electron chi connectivity index (χ3n) is 3.65. The molecule has 2 fully saturated rings. The molecule has 13 heavy (non-hydrogen) atoms. The molecule has 0 radical (unpaired) electrons. The quantitative estimate of drug-likeness (QED) is 0.708. The van der Waals surface area contributed by atoms with Crippen LogP contribution < -0.4 is 0 Å². The van der Waals surface area contributed by atoms with Crippen molar-refractivity contribution >= 4 is 5.78 Å². The smallest absolute Gasteiger partial charge is 0.138 e. The molecule has 74 valence electrons. The molecule has 1 N–H and O–H groups in total. The lowest BCUT2D eigenvalue weighted by molar-refractivity contribution is -0.124. The van der Waals surface area contributed by atoms with Crippen molar-refractivity contribution in [3.05, 3.63) is 0 Å². The van der Waals surface area contributed by atoms with Crippen LogP contribution in [0.4, 0.5) is 0 Å². The lowest BCUT2D eigenvalue weighted by Gasteiger charge is -2.22. The van der Waals surface area contributed by atoms with Crippen LogP contribution in [0.3, 0.4) is 0 Å². The van der Waals surface area contributed by atoms with Crippen LogP contribution in [0.25, 0.3) is 0 Å². The van der Waals surface area contributed by atoms with Gasteiger partial charge < -0.3 is 5.11 Å². The molecule has 2 atom stereocenters. The molecular weight excluding hydrogens is 164 g/mol. The number of carbonyl (C=O) groups excluding carboxylic acids is 1. The van der Waals surface area contributed by atoms with E-state index < -0.39 is 0 Å². The summed E-state index contributed by atoms with van der Waals surface area (Å²) in [6.07, 6.45) is 7.04. The molecule has 0 aliphatic heterocycles. The first kappa shape index (κ1) is 9.20. The van der Waals surface area contributed by atoms with Gasteiger partial charge in [0.25, 0.3) is 0 Å². The van der Waals surface area contributed by atoms with Gasteiger partial charge in [0, 0.05) is 12.3 Å². The maximum Gasteiger partial charge on any atom is 0.138 e. The van der Waals surface area contributed by atoms with Crippen molar-refractivity contribution in [2.75, 3.05) is 0 Å². The van der Waals surface area contributed by atoms with Crippen LogP contribution in [0.5, 0.6) is 0 Å². The molecule has 0 saturated heterocycles. The Hall–Kier alpha value is -0.370. The number of hydrogen-bond acceptors (Lipinski definition) is 2. The first-order valence-corrected chi connectivity index (χ1v) is 5.50. The van der Waals surface area contributed by atoms with E-state index in [1.54, 1.807) is 0 Å². The Morgan fingerprint density at radius 2 is 1.85 bits per heavy atom. The Kier molecular flexibility index (Phi) is 2.68. The molecule has 0 aromatic carbocycles. The minimum absolute atomic E-state index is 0.0110. The highest BCUT2D eigenvalue weighted by Gasteiger charge is 2.36. The van der Waals surface area contributed by atoms with E-state index >= 15 is 0 Å². The van der Waals surface area contributed by atoms with Crippen LogP contribution in [0.15, 0.2) is 0 Å². The van der Waals surface area contributed by atoms with Gasteiger partial charge in [-0.05, 0) is 31.6 Å². The number of aliphatic hydroxyl groups is 1. The Bertz CT molecular complexity index is 194. The van der Waals surface area contributed by atoms with Crippen molar-refractivity contribution in [2.24, 2.45) is 11.8 Å². The number of Topliss-reactive ketones (excluding diaryl/α,β-unsaturated/α-hetero) is 1. The summed E-state index contributed by atoms with van der Waals surface area (Å²) in [6.45, 7) is 0. The number of carbonyl (C=O) groups is 1. The summed E-state index contributed by atoms with van der Waals surface area (Å²) in [5.74, 6) is 0.717. The second-order valence-electron chi connectivity index (χ2n) is 4.50. The highest BCUT2D eigenvalue weighted by molar-refractivity contribution is 5.83. The van der Waals surface area contributed by atoms with E-state index in [-0.39, 0.29) is 12.0 Å². The average molecular weight is 182 g/mol. The van der Waals surface area contributed by atoms with Crippen LogP contribution in [0.1, 0.15) is 44.9 Å². The number of rotatable bonds is 2. The normalized spacial score (nSPS) is 32.7. The van der Waals surface area contributed by atoms with E-state index in [1.165, 1.54) is 12.8 Å². The highest BCUT2D eigenvalue weighted by atomic mass is 16.3. The number of aliphatic hydroxyl groups excluding tert-OH is 1. The van der Waals surface area contributed by atoms with Crippen molar-refractivity contribution in [3.63, 3.8) is 0 Å². The van der Waals surface area contributed by atoms with E-state index in [9.17, 15) is 9.90 Å². The molecule has 0 heterocycles. The van der Waals surface area contributed by atoms with Crippen molar-refractivity contribution in [1.29, 1.82) is 0 Å². The zero-order valence-corrected chi connectivity index (χ0v) is 8.04. The molecule has 2 aliphatic carbocycles. The third kappa shape index (κ3) is 1.78. The first-order valence-electron chi connectivity index (χ1n) is 5.50. The molecule has 0 bridgehead atoms. The predicted molar refractivity (Wildman–Crippen MR) is 50.3 cm³/mol. The topological polar surface area (TPSA) is 37.3 Å². The third-order valence-corrected chi connectivity index (χ3v) is 3.65. The van der Waals surface area contributed by atoms with Crippen molar-refractivity contribution in [2.45, 2.75) is 51.0 Å². The van der Waals surface area contributed by atoms with Gasteiger partial charge in [0.2, 0.25) is 0 Å². The molecule has 1 unspecified atom stereocenters. The van der Waals surface area contributed by atoms with E-state index in [0.29, 0.717) is 18.1 Å². The second kappa shape index (κ2) is 3.79. The van der Waals surface area contributed by atoms with Gasteiger partial charge in [0.15, 0.2) is 0 Å². The molecular formula is C11H18O2. The molecule has 2 aliphatic rings. The van der Waals surface area contributed by atoms with Gasteiger partial charge in [0.1, 0.15) is 5.78 Å². The Morgan fingerprint density at radius 3 is 2.38 bits per heavy atom. The van der Waals surface area contributed by atoms with E-state index in [2.05, 4.69) is 0 Å². The second-order valence-corrected chi connectivity index (χ2v) is 4.50. The van der Waals surface area contributed by atoms with Crippen LogP contribution in [-0.2, 0) is 4.79 Å². The molecule has 2 nitrogen and oxygen atoms in total. The lowest BCUT2D eigenvalue weighted by atomic mass is 9.88. The summed E-state index contributed by atoms with van der Waals surface area (Å²) < 4.78 is 0. The monoisotopic (exact) mass is 182 g/mol. The van der Waals surface area contributed by atoms with E-state index in [4.69, 9.17) is 0 Å². The molecule has 0 aromatic heterocycles. The molecule has 2 rings (SSSR count). The summed E-state index contributed by atoms with van der Waals surface area (Å²) in [5, 5.41) is 10.00. The largest absolute Gasteiger partial charge is 0.392 e. The Morgan fingerprint density at radius 1 is 1.15 bits per heavy atom. The van der Waals surface area contributed by atoms with Gasteiger partial charge in [0.05, 0.1) is 6.10 Å². The Balaban J connectivity index is 1.94. The van der Waals surface area contributed by atoms with E-state index in [1.807, 2.05) is 0 Å². The SMILES string of the molecule is O=C1CCC[C@H]1C(O)C1CCCC1. The molecule has 0 amide bonds. The zero-order chi connectivity index (χ0) is 9.26. The summed E-state index contributed by atoms with van der Waals surface area (Å²) in [7, 11) is 0. The fourth-order valence-corrected chi connectivity index (χ4v) is 2.83. The summed E-state index contributed by atoms with van der Waals surface area (Å²) in [6, 6.07) is 0. The van der Waals surface area contributed by atoms with Gasteiger partial charge in [-0.3, -0.25) is 4.79 Å². The van der Waals surface area contributed by atoms with Crippen LogP contribution in [0.2, 0.25) is 0 Å². The molecule has 0 spiro atoms. The summed E-state index contributed by atoms with van der Waals surface area (Å²) >= 11 is 0. The van der Waals surface area contributed by atoms with Crippen molar-refractivity contribution in [3.8, 4) is 0 Å². The van der Waals surface area contributed by atoms with Gasteiger partial charge in [-0.2, -0.15) is 0 Å². The minimum atomic E-state index is -0.322. The van der Waals surface area contributed by atoms with Gasteiger partial charge >= 0.3 is 0 Å². The maximum absolute atomic E-state index is 11.4. The fourth-order valence-electron chi connectivity index (χ4n) is 2.83. The minimum Gasteiger partial charge on any atom is -0.392 e. The van der Waals surface area contributed by atoms with Crippen LogP contribution in [0, 0.1) is 11.8 Å². The fraction of sp³-hybridized carbons (Fsp3) is 0.909. The summed E-state index contributed by atoms with van der Waals surface area (Å²) in [5.41, 5.74) is 0. The van der Waals surface area contributed by atoms with Gasteiger partial charge in [-0.25, -0.2) is 0 Å². The summed E-state index contributed by atoms with van der Waals surface area (Å²) in [4.78, 5) is 11.4. The van der Waals surface area contributed by atoms with Crippen LogP contribution >= 0.6 is 0 Å². The predicted octanol–water partition coefficient (Wildman–Crippen LogP) is 1.91. The highest BCUT2D eigenvalue weighted by Crippen LogP contribution is 2.35. The maximum atomic E-state index is 11.4. The standard InChI is InChI=1S/C11H18O2/c12-10-7-3-6-9(10)11(13)8-4-1-2-5-8/h8-9,11,13H,1-7H2/t9-,11?/m1/s1. The van der Waals surface area contributed by atoms with Crippen molar-refractivity contribution in [1.82, 2.24) is 0 Å². The number of ketones is 1. The zero-order valence-electron chi connectivity index (χ0n) is 8.04. The molecule has 0 aromatic rings. The van der Waals surface area contributed by atoms with Gasteiger partial charge in [-0.15, -0.1) is 0 Å².